The predicted molar refractivity (Wildman–Crippen MR) is 77.7 cm³/mol. The summed E-state index contributed by atoms with van der Waals surface area (Å²) in [5.74, 6) is 0.336. The third-order valence-electron chi connectivity index (χ3n) is 2.82. The molecule has 0 aromatic heterocycles. The summed E-state index contributed by atoms with van der Waals surface area (Å²) < 4.78 is 35.5. The van der Waals surface area contributed by atoms with Crippen LogP contribution < -0.4 is 4.72 Å². The summed E-state index contributed by atoms with van der Waals surface area (Å²) in [6, 6.07) is 4.61. The van der Waals surface area contributed by atoms with Crippen LogP contribution in [0, 0.1) is 5.92 Å². The molecular weight excluding hydrogens is 306 g/mol. The van der Waals surface area contributed by atoms with Gasteiger partial charge in [0.2, 0.25) is 10.0 Å². The average molecular weight is 320 g/mol. The summed E-state index contributed by atoms with van der Waals surface area (Å²) in [4.78, 5) is 0.148. The van der Waals surface area contributed by atoms with E-state index in [2.05, 4.69) is 13.4 Å². The van der Waals surface area contributed by atoms with Gasteiger partial charge in [-0.1, -0.05) is 19.9 Å². The number of nitrogens with one attached hydrogen (secondary N) is 1. The minimum atomic E-state index is -3.64. The number of alkyl halides is 1. The van der Waals surface area contributed by atoms with E-state index in [0.717, 1.165) is 11.4 Å². The molecule has 0 saturated heterocycles. The van der Waals surface area contributed by atoms with Gasteiger partial charge >= 0.3 is 0 Å². The maximum absolute atomic E-state index is 12.4. The molecule has 8 heteroatoms. The Bertz CT molecular complexity index is 652. The van der Waals surface area contributed by atoms with E-state index in [1.807, 2.05) is 13.8 Å². The number of halogens is 1. The first-order chi connectivity index (χ1) is 8.95. The third-order valence-corrected chi connectivity index (χ3v) is 5.21. The molecule has 0 fully saturated rings. The standard InChI is InChI=1S/C11H14ClN3O2S2/c1-7(2)9(6-12)15-19(16,17)10-5-3-4-8-11(10)14-18-13-8/h3-5,7,9,15H,6H2,1-2H3. The van der Waals surface area contributed by atoms with Crippen LogP contribution in [0.3, 0.4) is 0 Å². The number of sulfonamides is 1. The smallest absolute Gasteiger partial charge is 0.207 e. The first-order valence-electron chi connectivity index (χ1n) is 5.75. The fraction of sp³-hybridized carbons (Fsp3) is 0.455. The lowest BCUT2D eigenvalue weighted by molar-refractivity contribution is 0.480. The van der Waals surface area contributed by atoms with Gasteiger partial charge in [-0.2, -0.15) is 8.73 Å². The number of nitrogens with zero attached hydrogens (tertiary/aromatic N) is 2. The number of fused-ring (bicyclic) bond motifs is 1. The Kier molecular flexibility index (Phi) is 4.39. The largest absolute Gasteiger partial charge is 0.243 e. The molecule has 0 bridgehead atoms. The normalized spacial score (nSPS) is 15.4. The third kappa shape index (κ3) is 3.05. The predicted octanol–water partition coefficient (Wildman–Crippen LogP) is 2.95. The molecule has 104 valence electrons. The van der Waals surface area contributed by atoms with Crippen LogP contribution in [0.5, 0.6) is 0 Å². The monoisotopic (exact) mass is 319 g/mol. The molecule has 1 aliphatic rings. The minimum Gasteiger partial charge on any atom is -0.207 e. The first kappa shape index (κ1) is 14.6. The van der Waals surface area contributed by atoms with E-state index in [4.69, 9.17) is 11.6 Å². The summed E-state index contributed by atoms with van der Waals surface area (Å²) in [5, 5.41) is 0. The van der Waals surface area contributed by atoms with Crippen molar-refractivity contribution in [3.8, 4) is 0 Å². The Hall–Kier alpha value is -0.760. The van der Waals surface area contributed by atoms with Crippen LogP contribution in [-0.4, -0.2) is 20.3 Å². The van der Waals surface area contributed by atoms with Crippen LogP contribution in [0.1, 0.15) is 13.8 Å². The Balaban J connectivity index is 2.36. The Morgan fingerprint density at radius 2 is 2.11 bits per heavy atom. The van der Waals surface area contributed by atoms with Gasteiger partial charge in [-0.25, -0.2) is 13.1 Å². The van der Waals surface area contributed by atoms with Crippen molar-refractivity contribution >= 4 is 44.4 Å². The summed E-state index contributed by atoms with van der Waals surface area (Å²) in [7, 11) is -3.64. The van der Waals surface area contributed by atoms with Crippen molar-refractivity contribution in [1.29, 1.82) is 0 Å². The van der Waals surface area contributed by atoms with E-state index in [1.54, 1.807) is 12.1 Å². The van der Waals surface area contributed by atoms with Crippen molar-refractivity contribution in [1.82, 2.24) is 4.72 Å². The van der Waals surface area contributed by atoms with Gasteiger partial charge in [-0.3, -0.25) is 0 Å². The van der Waals surface area contributed by atoms with Gasteiger partial charge in [0.25, 0.3) is 0 Å². The van der Waals surface area contributed by atoms with Crippen LogP contribution in [0.15, 0.2) is 31.8 Å². The molecular formula is C11H14ClN3O2S2. The molecule has 1 heterocycles. The maximum atomic E-state index is 12.4. The Morgan fingerprint density at radius 3 is 2.74 bits per heavy atom. The number of hydrogen-bond donors (Lipinski definition) is 1. The van der Waals surface area contributed by atoms with Gasteiger partial charge in [0.05, 0.1) is 11.4 Å². The average Bonchev–Trinajstić information content (AvgIpc) is 2.83. The molecule has 0 aliphatic carbocycles. The highest BCUT2D eigenvalue weighted by atomic mass is 35.5. The fourth-order valence-electron chi connectivity index (χ4n) is 1.61. The molecule has 0 radical (unpaired) electrons. The zero-order valence-electron chi connectivity index (χ0n) is 10.5. The topological polar surface area (TPSA) is 70.9 Å². The highest BCUT2D eigenvalue weighted by molar-refractivity contribution is 7.89. The molecule has 0 saturated carbocycles. The van der Waals surface area contributed by atoms with Gasteiger partial charge in [0, 0.05) is 11.9 Å². The molecule has 5 nitrogen and oxygen atoms in total. The molecule has 0 amide bonds. The summed E-state index contributed by atoms with van der Waals surface area (Å²) in [6.07, 6.45) is 0. The molecule has 19 heavy (non-hydrogen) atoms. The first-order valence-corrected chi connectivity index (χ1v) is 8.50. The maximum Gasteiger partial charge on any atom is 0.243 e. The van der Waals surface area contributed by atoms with Crippen molar-refractivity contribution in [2.24, 2.45) is 14.6 Å². The van der Waals surface area contributed by atoms with E-state index >= 15 is 0 Å². The van der Waals surface area contributed by atoms with Gasteiger partial charge in [-0.15, -0.1) is 11.6 Å². The summed E-state index contributed by atoms with van der Waals surface area (Å²) in [5.41, 5.74) is 0.983. The molecule has 1 aromatic rings. The lowest BCUT2D eigenvalue weighted by atomic mass is 10.1. The molecule has 1 N–H and O–H groups in total. The lowest BCUT2D eigenvalue weighted by Gasteiger charge is -2.20. The zero-order valence-corrected chi connectivity index (χ0v) is 12.9. The van der Waals surface area contributed by atoms with Gasteiger partial charge in [0.1, 0.15) is 16.3 Å². The van der Waals surface area contributed by atoms with E-state index in [0.29, 0.717) is 11.4 Å². The molecule has 2 rings (SSSR count). The zero-order chi connectivity index (χ0) is 14.0. The molecule has 1 aliphatic heterocycles. The van der Waals surface area contributed by atoms with E-state index in [1.165, 1.54) is 6.07 Å². The van der Waals surface area contributed by atoms with Crippen molar-refractivity contribution < 1.29 is 8.42 Å². The van der Waals surface area contributed by atoms with Gasteiger partial charge in [-0.05, 0) is 18.1 Å². The van der Waals surface area contributed by atoms with Gasteiger partial charge < -0.3 is 0 Å². The van der Waals surface area contributed by atoms with Crippen molar-refractivity contribution in [3.63, 3.8) is 0 Å². The molecule has 1 aromatic carbocycles. The van der Waals surface area contributed by atoms with Crippen LogP contribution in [-0.2, 0) is 21.4 Å². The SMILES string of the molecule is CC(C)C(CCl)NS(=O)(=O)c1cccc2c1N=S=N2. The fourth-order valence-corrected chi connectivity index (χ4v) is 4.28. The minimum absolute atomic E-state index is 0.111. The van der Waals surface area contributed by atoms with Crippen molar-refractivity contribution in [3.05, 3.63) is 18.2 Å². The highest BCUT2D eigenvalue weighted by Gasteiger charge is 2.26. The second-order valence-electron chi connectivity index (χ2n) is 4.51. The van der Waals surface area contributed by atoms with Crippen LogP contribution in [0.25, 0.3) is 0 Å². The number of benzene rings is 1. The Labute approximate surface area is 121 Å². The van der Waals surface area contributed by atoms with Crippen LogP contribution >= 0.6 is 11.6 Å². The van der Waals surface area contributed by atoms with Crippen molar-refractivity contribution in [2.45, 2.75) is 24.8 Å². The van der Waals surface area contributed by atoms with E-state index in [-0.39, 0.29) is 22.7 Å². The second-order valence-corrected chi connectivity index (χ2v) is 7.03. The quantitative estimate of drug-likeness (QED) is 0.861. The number of hydrogen-bond acceptors (Lipinski definition) is 4. The van der Waals surface area contributed by atoms with E-state index < -0.39 is 10.0 Å². The van der Waals surface area contributed by atoms with Crippen LogP contribution in [0.2, 0.25) is 0 Å². The van der Waals surface area contributed by atoms with E-state index in [9.17, 15) is 8.42 Å². The molecule has 0 spiro atoms. The highest BCUT2D eigenvalue weighted by Crippen LogP contribution is 2.37. The van der Waals surface area contributed by atoms with Gasteiger partial charge in [0.15, 0.2) is 0 Å². The molecule has 1 atom stereocenters. The lowest BCUT2D eigenvalue weighted by Crippen LogP contribution is -2.39. The summed E-state index contributed by atoms with van der Waals surface area (Å²) in [6.45, 7) is 3.83. The summed E-state index contributed by atoms with van der Waals surface area (Å²) >= 11 is 6.80. The van der Waals surface area contributed by atoms with Crippen LogP contribution in [0.4, 0.5) is 11.4 Å². The second kappa shape index (κ2) is 5.70. The Morgan fingerprint density at radius 1 is 1.37 bits per heavy atom. The molecule has 1 unspecified atom stereocenters. The number of rotatable bonds is 5. The van der Waals surface area contributed by atoms with Crippen molar-refractivity contribution in [2.75, 3.05) is 5.88 Å².